The summed E-state index contributed by atoms with van der Waals surface area (Å²) < 4.78 is 35.9. The first-order valence-electron chi connectivity index (χ1n) is 10.2. The van der Waals surface area contributed by atoms with E-state index < -0.39 is 17.6 Å². The lowest BCUT2D eigenvalue weighted by atomic mass is 10.9. The monoisotopic (exact) mass is 574 g/mol. The van der Waals surface area contributed by atoms with Crippen molar-refractivity contribution in [2.75, 3.05) is 39.6 Å². The molecule has 30 heavy (non-hydrogen) atoms. The standard InChI is InChI=1S/C16H38O6S6Si2/c1-9-17-29(18-10-2,19-11-3)15(7)23-25-27-28-26-24-16(8)30(20-12-4,21-13-5)22-14-6/h15-16H,9-14H2,1-8H3. The third kappa shape index (κ3) is 11.6. The molecule has 0 saturated heterocycles. The van der Waals surface area contributed by atoms with Gasteiger partial charge in [-0.3, -0.25) is 0 Å². The van der Waals surface area contributed by atoms with E-state index in [1.54, 1.807) is 60.9 Å². The highest BCUT2D eigenvalue weighted by molar-refractivity contribution is 9.42. The Labute approximate surface area is 208 Å². The minimum Gasteiger partial charge on any atom is -0.373 e. The predicted octanol–water partition coefficient (Wildman–Crippen LogP) is 6.91. The van der Waals surface area contributed by atoms with Crippen LogP contribution in [0.25, 0.3) is 0 Å². The van der Waals surface area contributed by atoms with Crippen LogP contribution in [-0.2, 0) is 26.6 Å². The van der Waals surface area contributed by atoms with Crippen molar-refractivity contribution < 1.29 is 26.6 Å². The van der Waals surface area contributed by atoms with E-state index in [4.69, 9.17) is 26.6 Å². The van der Waals surface area contributed by atoms with Gasteiger partial charge in [0.1, 0.15) is 0 Å². The fourth-order valence-corrected chi connectivity index (χ4v) is 24.3. The summed E-state index contributed by atoms with van der Waals surface area (Å²) in [6.07, 6.45) is 0. The summed E-state index contributed by atoms with van der Waals surface area (Å²) in [5, 5.41) is 0. The third-order valence-electron chi connectivity index (χ3n) is 3.52. The van der Waals surface area contributed by atoms with Crippen molar-refractivity contribution in [3.63, 3.8) is 0 Å². The largest absolute Gasteiger partial charge is 0.515 e. The quantitative estimate of drug-likeness (QED) is 0.0813. The van der Waals surface area contributed by atoms with Crippen molar-refractivity contribution in [1.82, 2.24) is 0 Å². The Bertz CT molecular complexity index is 348. The van der Waals surface area contributed by atoms with Crippen molar-refractivity contribution in [2.24, 2.45) is 0 Å². The highest BCUT2D eigenvalue weighted by Crippen LogP contribution is 2.55. The van der Waals surface area contributed by atoms with E-state index in [9.17, 15) is 0 Å². The Kier molecular flexibility index (Phi) is 21.1. The van der Waals surface area contributed by atoms with Crippen LogP contribution in [0.5, 0.6) is 0 Å². The number of hydrogen-bond acceptors (Lipinski definition) is 12. The molecule has 0 rings (SSSR count). The Balaban J connectivity index is 4.49. The average molecular weight is 575 g/mol. The molecule has 2 atom stereocenters. The highest BCUT2D eigenvalue weighted by atomic mass is 33.9. The van der Waals surface area contributed by atoms with E-state index in [0.717, 1.165) is 0 Å². The van der Waals surface area contributed by atoms with Crippen LogP contribution < -0.4 is 0 Å². The molecule has 0 saturated carbocycles. The summed E-state index contributed by atoms with van der Waals surface area (Å²) in [5.74, 6) is 0. The van der Waals surface area contributed by atoms with Crippen LogP contribution >= 0.6 is 60.9 Å². The topological polar surface area (TPSA) is 55.4 Å². The number of hydrogen-bond donors (Lipinski definition) is 0. The van der Waals surface area contributed by atoms with E-state index in [2.05, 4.69) is 13.8 Å². The maximum absolute atomic E-state index is 5.99. The van der Waals surface area contributed by atoms with Crippen LogP contribution in [0.1, 0.15) is 55.4 Å². The van der Waals surface area contributed by atoms with Gasteiger partial charge < -0.3 is 26.6 Å². The average Bonchev–Trinajstić information content (AvgIpc) is 2.71. The molecule has 182 valence electrons. The minimum atomic E-state index is -2.67. The molecule has 0 aliphatic carbocycles. The molecule has 0 N–H and O–H groups in total. The van der Waals surface area contributed by atoms with Crippen LogP contribution in [0.3, 0.4) is 0 Å². The zero-order chi connectivity index (χ0) is 22.9. The molecule has 0 spiro atoms. The summed E-state index contributed by atoms with van der Waals surface area (Å²) in [7, 11) is 5.07. The first kappa shape index (κ1) is 32.3. The lowest BCUT2D eigenvalue weighted by Gasteiger charge is -2.32. The van der Waals surface area contributed by atoms with Crippen molar-refractivity contribution in [1.29, 1.82) is 0 Å². The van der Waals surface area contributed by atoms with Gasteiger partial charge in [-0.2, -0.15) is 0 Å². The van der Waals surface area contributed by atoms with Crippen LogP contribution in [-0.4, -0.2) is 67.0 Å². The fourth-order valence-electron chi connectivity index (χ4n) is 2.45. The summed E-state index contributed by atoms with van der Waals surface area (Å²) in [6, 6.07) is 0. The molecule has 0 fully saturated rings. The van der Waals surface area contributed by atoms with E-state index in [1.807, 2.05) is 41.5 Å². The van der Waals surface area contributed by atoms with Gasteiger partial charge in [0.15, 0.2) is 0 Å². The predicted molar refractivity (Wildman–Crippen MR) is 146 cm³/mol. The Morgan fingerprint density at radius 2 is 0.700 bits per heavy atom. The van der Waals surface area contributed by atoms with Gasteiger partial charge in [0, 0.05) is 39.6 Å². The first-order chi connectivity index (χ1) is 14.4. The van der Waals surface area contributed by atoms with E-state index >= 15 is 0 Å². The van der Waals surface area contributed by atoms with Gasteiger partial charge in [-0.25, -0.2) is 0 Å². The van der Waals surface area contributed by atoms with Gasteiger partial charge in [0.05, 0.1) is 9.75 Å². The van der Waals surface area contributed by atoms with Gasteiger partial charge in [-0.15, -0.1) is 0 Å². The molecule has 0 aliphatic heterocycles. The van der Waals surface area contributed by atoms with Gasteiger partial charge in [0.25, 0.3) is 0 Å². The number of rotatable bonds is 21. The molecule has 6 nitrogen and oxygen atoms in total. The van der Waals surface area contributed by atoms with Gasteiger partial charge in [0.2, 0.25) is 0 Å². The van der Waals surface area contributed by atoms with Crippen molar-refractivity contribution >= 4 is 78.5 Å². The lowest BCUT2D eigenvalue weighted by molar-refractivity contribution is 0.0701. The molecule has 14 heteroatoms. The van der Waals surface area contributed by atoms with E-state index in [1.165, 1.54) is 0 Å². The third-order valence-corrected chi connectivity index (χ3v) is 24.1. The van der Waals surface area contributed by atoms with Gasteiger partial charge in [-0.1, -0.05) is 21.6 Å². The molecule has 0 amide bonds. The van der Waals surface area contributed by atoms with Crippen LogP contribution in [0.2, 0.25) is 0 Å². The van der Waals surface area contributed by atoms with E-state index in [-0.39, 0.29) is 9.75 Å². The second-order valence-electron chi connectivity index (χ2n) is 5.55. The normalized spacial score (nSPS) is 14.8. The minimum absolute atomic E-state index is 0.154. The molecular formula is C16H38O6S6Si2. The fraction of sp³-hybridized carbons (Fsp3) is 1.00. The van der Waals surface area contributed by atoms with Crippen molar-refractivity contribution in [3.8, 4) is 0 Å². The zero-order valence-corrected chi connectivity index (χ0v) is 26.2. The molecule has 0 aromatic rings. The molecule has 0 heterocycles. The summed E-state index contributed by atoms with van der Waals surface area (Å²) in [5.41, 5.74) is 0. The molecule has 0 aliphatic rings. The van der Waals surface area contributed by atoms with Crippen LogP contribution in [0, 0.1) is 0 Å². The SMILES string of the molecule is CCO[Si](OCC)(OCC)C(C)SSSSSSC(C)[Si](OCC)(OCC)OCC. The Morgan fingerprint density at radius 3 is 0.900 bits per heavy atom. The van der Waals surface area contributed by atoms with E-state index in [0.29, 0.717) is 39.6 Å². The highest BCUT2D eigenvalue weighted by Gasteiger charge is 2.48. The van der Waals surface area contributed by atoms with Crippen LogP contribution in [0.15, 0.2) is 0 Å². The summed E-state index contributed by atoms with van der Waals surface area (Å²) >= 11 is 0. The second kappa shape index (κ2) is 19.6. The molecule has 0 aromatic heterocycles. The Morgan fingerprint density at radius 1 is 0.467 bits per heavy atom. The second-order valence-corrected chi connectivity index (χ2v) is 22.3. The molecule has 2 unspecified atom stereocenters. The maximum Gasteiger partial charge on any atom is 0.515 e. The van der Waals surface area contributed by atoms with Crippen molar-refractivity contribution in [3.05, 3.63) is 0 Å². The first-order valence-corrected chi connectivity index (χ1v) is 21.4. The van der Waals surface area contributed by atoms with Crippen molar-refractivity contribution in [2.45, 2.75) is 65.1 Å². The van der Waals surface area contributed by atoms with Gasteiger partial charge in [-0.05, 0) is 94.7 Å². The van der Waals surface area contributed by atoms with Crippen LogP contribution in [0.4, 0.5) is 0 Å². The lowest BCUT2D eigenvalue weighted by Crippen LogP contribution is -2.54. The molecular weight excluding hydrogens is 537 g/mol. The molecule has 0 radical (unpaired) electrons. The Hall–Kier alpha value is 2.29. The summed E-state index contributed by atoms with van der Waals surface area (Å²) in [6.45, 7) is 19.8. The molecule has 0 aromatic carbocycles. The smallest absolute Gasteiger partial charge is 0.373 e. The summed E-state index contributed by atoms with van der Waals surface area (Å²) in [4.78, 5) is 0.307. The maximum atomic E-state index is 5.99. The molecule has 0 bridgehead atoms. The van der Waals surface area contributed by atoms with Gasteiger partial charge >= 0.3 is 17.6 Å². The zero-order valence-electron chi connectivity index (χ0n) is 19.3.